The highest BCUT2D eigenvalue weighted by Gasteiger charge is 2.42. The first-order valence-electron chi connectivity index (χ1n) is 11.3. The summed E-state index contributed by atoms with van der Waals surface area (Å²) in [5.41, 5.74) is 0.0287. The van der Waals surface area contributed by atoms with Gasteiger partial charge in [-0.1, -0.05) is 66.7 Å². The molecule has 0 aliphatic carbocycles. The Morgan fingerprint density at radius 3 is 2.12 bits per heavy atom. The fourth-order valence-electron chi connectivity index (χ4n) is 4.45. The summed E-state index contributed by atoms with van der Waals surface area (Å²) in [6.45, 7) is 2.21. The van der Waals surface area contributed by atoms with Crippen LogP contribution in [0.3, 0.4) is 0 Å². The van der Waals surface area contributed by atoms with Gasteiger partial charge in [0, 0.05) is 17.8 Å². The van der Waals surface area contributed by atoms with Gasteiger partial charge in [0.25, 0.3) is 0 Å². The summed E-state index contributed by atoms with van der Waals surface area (Å²) < 4.78 is 5.83. The summed E-state index contributed by atoms with van der Waals surface area (Å²) in [7, 11) is 0. The number of aromatic nitrogens is 1. The predicted octanol–water partition coefficient (Wildman–Crippen LogP) is 4.03. The van der Waals surface area contributed by atoms with Crippen molar-refractivity contribution in [2.75, 3.05) is 19.7 Å². The van der Waals surface area contributed by atoms with E-state index in [9.17, 15) is 9.90 Å². The first-order chi connectivity index (χ1) is 15.7. The van der Waals surface area contributed by atoms with Crippen LogP contribution in [-0.2, 0) is 15.1 Å². The SMILES string of the molecule is O=C(OCC(CC1CCNCC1)c1ccccn1)C(O)(c1ccccc1)c1ccccc1. The lowest BCUT2D eigenvalue weighted by Gasteiger charge is -2.30. The van der Waals surface area contributed by atoms with E-state index in [1.165, 1.54) is 0 Å². The number of aliphatic hydroxyl groups is 1. The maximum absolute atomic E-state index is 13.4. The largest absolute Gasteiger partial charge is 0.462 e. The zero-order chi connectivity index (χ0) is 22.2. The van der Waals surface area contributed by atoms with Crippen LogP contribution in [0.5, 0.6) is 0 Å². The van der Waals surface area contributed by atoms with Gasteiger partial charge >= 0.3 is 5.97 Å². The fraction of sp³-hybridized carbons (Fsp3) is 0.333. The second kappa shape index (κ2) is 10.5. The lowest BCUT2D eigenvalue weighted by Crippen LogP contribution is -2.39. The van der Waals surface area contributed by atoms with Crippen molar-refractivity contribution >= 4 is 5.97 Å². The molecule has 0 amide bonds. The van der Waals surface area contributed by atoms with Gasteiger partial charge in [0.2, 0.25) is 5.60 Å². The number of nitrogens with one attached hydrogen (secondary N) is 1. The van der Waals surface area contributed by atoms with E-state index in [1.807, 2.05) is 54.6 Å². The van der Waals surface area contributed by atoms with Crippen molar-refractivity contribution < 1.29 is 14.6 Å². The summed E-state index contributed by atoms with van der Waals surface area (Å²) in [4.78, 5) is 17.9. The number of carbonyl (C=O) groups excluding carboxylic acids is 1. The molecule has 32 heavy (non-hydrogen) atoms. The molecule has 4 rings (SSSR count). The van der Waals surface area contributed by atoms with Crippen LogP contribution in [0.25, 0.3) is 0 Å². The maximum Gasteiger partial charge on any atom is 0.347 e. The van der Waals surface area contributed by atoms with Crippen LogP contribution in [0.1, 0.15) is 42.0 Å². The van der Waals surface area contributed by atoms with Gasteiger partial charge < -0.3 is 15.2 Å². The standard InChI is InChI=1S/C27H30N2O3/c30-26(27(31,23-9-3-1-4-10-23)24-11-5-2-6-12-24)32-20-22(25-13-7-8-16-29-25)19-21-14-17-28-18-15-21/h1-13,16,21-22,28,31H,14-15,17-20H2. The summed E-state index contributed by atoms with van der Waals surface area (Å²) in [5.74, 6) is -0.121. The molecular formula is C27H30N2O3. The van der Waals surface area contributed by atoms with Gasteiger partial charge in [0.05, 0.1) is 6.61 Å². The van der Waals surface area contributed by atoms with E-state index in [4.69, 9.17) is 4.74 Å². The van der Waals surface area contributed by atoms with Crippen molar-refractivity contribution in [2.45, 2.75) is 30.8 Å². The average molecular weight is 431 g/mol. The van der Waals surface area contributed by atoms with E-state index >= 15 is 0 Å². The Morgan fingerprint density at radius 2 is 1.56 bits per heavy atom. The van der Waals surface area contributed by atoms with Crippen LogP contribution in [0, 0.1) is 5.92 Å². The smallest absolute Gasteiger partial charge is 0.347 e. The number of benzene rings is 2. The fourth-order valence-corrected chi connectivity index (χ4v) is 4.45. The van der Waals surface area contributed by atoms with E-state index < -0.39 is 11.6 Å². The number of hydrogen-bond acceptors (Lipinski definition) is 5. The molecule has 1 atom stereocenters. The average Bonchev–Trinajstić information content (AvgIpc) is 2.88. The Hall–Kier alpha value is -3.02. The summed E-state index contributed by atoms with van der Waals surface area (Å²) in [6, 6.07) is 23.8. The molecule has 1 saturated heterocycles. The highest BCUT2D eigenvalue weighted by molar-refractivity contribution is 5.85. The molecule has 1 aliphatic heterocycles. The van der Waals surface area contributed by atoms with Gasteiger partial charge in [-0.2, -0.15) is 0 Å². The topological polar surface area (TPSA) is 71.5 Å². The minimum atomic E-state index is -1.87. The van der Waals surface area contributed by atoms with Gasteiger partial charge in [-0.3, -0.25) is 4.98 Å². The molecule has 166 valence electrons. The van der Waals surface area contributed by atoms with Gasteiger partial charge in [0.15, 0.2) is 0 Å². The molecule has 1 unspecified atom stereocenters. The summed E-state index contributed by atoms with van der Waals surface area (Å²) in [5, 5.41) is 15.0. The minimum Gasteiger partial charge on any atom is -0.462 e. The number of carbonyl (C=O) groups is 1. The molecule has 1 aromatic heterocycles. The van der Waals surface area contributed by atoms with Crippen LogP contribution in [-0.4, -0.2) is 35.8 Å². The van der Waals surface area contributed by atoms with Crippen molar-refractivity contribution in [3.05, 3.63) is 102 Å². The quantitative estimate of drug-likeness (QED) is 0.528. The third kappa shape index (κ3) is 5.06. The summed E-state index contributed by atoms with van der Waals surface area (Å²) in [6.07, 6.45) is 4.89. The first kappa shape index (κ1) is 22.2. The maximum atomic E-state index is 13.4. The zero-order valence-electron chi connectivity index (χ0n) is 18.2. The summed E-state index contributed by atoms with van der Waals surface area (Å²) >= 11 is 0. The highest BCUT2D eigenvalue weighted by Crippen LogP contribution is 2.33. The van der Waals surface area contributed by atoms with E-state index in [0.717, 1.165) is 38.0 Å². The zero-order valence-corrected chi connectivity index (χ0v) is 18.2. The normalized spacial score (nSPS) is 15.8. The van der Waals surface area contributed by atoms with Gasteiger partial charge in [-0.25, -0.2) is 4.79 Å². The van der Waals surface area contributed by atoms with Gasteiger partial charge in [-0.15, -0.1) is 0 Å². The van der Waals surface area contributed by atoms with Crippen LogP contribution >= 0.6 is 0 Å². The molecule has 0 bridgehead atoms. The molecule has 2 N–H and O–H groups in total. The van der Waals surface area contributed by atoms with Gasteiger partial charge in [-0.05, 0) is 61.5 Å². The molecule has 0 saturated carbocycles. The molecule has 5 heteroatoms. The molecule has 5 nitrogen and oxygen atoms in total. The third-order valence-corrected chi connectivity index (χ3v) is 6.28. The third-order valence-electron chi connectivity index (χ3n) is 6.28. The van der Waals surface area contributed by atoms with Crippen molar-refractivity contribution in [1.29, 1.82) is 0 Å². The molecule has 1 aliphatic rings. The number of pyridine rings is 1. The number of ether oxygens (including phenoxy) is 1. The lowest BCUT2D eigenvalue weighted by atomic mass is 9.85. The van der Waals surface area contributed by atoms with Crippen molar-refractivity contribution in [3.63, 3.8) is 0 Å². The predicted molar refractivity (Wildman–Crippen MR) is 124 cm³/mol. The van der Waals surface area contributed by atoms with E-state index in [1.54, 1.807) is 30.5 Å². The second-order valence-corrected chi connectivity index (χ2v) is 8.42. The number of rotatable bonds is 8. The molecule has 2 aromatic carbocycles. The van der Waals surface area contributed by atoms with Crippen molar-refractivity contribution in [2.24, 2.45) is 5.92 Å². The van der Waals surface area contributed by atoms with Crippen molar-refractivity contribution in [3.8, 4) is 0 Å². The Labute approximate surface area is 189 Å². The van der Waals surface area contributed by atoms with E-state index in [2.05, 4.69) is 10.3 Å². The van der Waals surface area contributed by atoms with Crippen LogP contribution in [0.4, 0.5) is 0 Å². The van der Waals surface area contributed by atoms with Crippen LogP contribution < -0.4 is 5.32 Å². The van der Waals surface area contributed by atoms with Crippen LogP contribution in [0.2, 0.25) is 0 Å². The van der Waals surface area contributed by atoms with Crippen molar-refractivity contribution in [1.82, 2.24) is 10.3 Å². The second-order valence-electron chi connectivity index (χ2n) is 8.42. The molecule has 3 aromatic rings. The number of esters is 1. The number of piperidine rings is 1. The number of hydrogen-bond donors (Lipinski definition) is 2. The first-order valence-corrected chi connectivity index (χ1v) is 11.3. The van der Waals surface area contributed by atoms with E-state index in [-0.39, 0.29) is 12.5 Å². The molecule has 1 fully saturated rings. The number of nitrogens with zero attached hydrogens (tertiary/aromatic N) is 1. The van der Waals surface area contributed by atoms with E-state index in [0.29, 0.717) is 17.0 Å². The highest BCUT2D eigenvalue weighted by atomic mass is 16.5. The molecule has 0 radical (unpaired) electrons. The Kier molecular flexibility index (Phi) is 7.30. The Bertz CT molecular complexity index is 934. The Morgan fingerprint density at radius 1 is 0.969 bits per heavy atom. The monoisotopic (exact) mass is 430 g/mol. The minimum absolute atomic E-state index is 0.0148. The molecule has 0 spiro atoms. The van der Waals surface area contributed by atoms with Crippen LogP contribution in [0.15, 0.2) is 85.1 Å². The molecule has 2 heterocycles. The van der Waals surface area contributed by atoms with Gasteiger partial charge in [0.1, 0.15) is 0 Å². The Balaban J connectivity index is 1.56. The lowest BCUT2D eigenvalue weighted by molar-refractivity contribution is -0.163. The molecular weight excluding hydrogens is 400 g/mol.